The van der Waals surface area contributed by atoms with Crippen LogP contribution in [0.25, 0.3) is 0 Å². The van der Waals surface area contributed by atoms with Gasteiger partial charge in [-0.25, -0.2) is 14.8 Å². The Balaban J connectivity index is 1.59. The number of amides is 2. The van der Waals surface area contributed by atoms with Crippen LogP contribution in [0.2, 0.25) is 0 Å². The zero-order valence-electron chi connectivity index (χ0n) is 14.2. The second-order valence-electron chi connectivity index (χ2n) is 6.28. The van der Waals surface area contributed by atoms with Crippen LogP contribution in [0.15, 0.2) is 30.7 Å². The predicted molar refractivity (Wildman–Crippen MR) is 91.9 cm³/mol. The number of fused-ring (bicyclic) bond motifs is 4. The minimum atomic E-state index is -0.120. The largest absolute Gasteiger partial charge is 0.497 e. The van der Waals surface area contributed by atoms with Crippen molar-refractivity contribution >= 4 is 11.7 Å². The molecule has 1 fully saturated rings. The van der Waals surface area contributed by atoms with Crippen molar-refractivity contribution in [1.29, 1.82) is 0 Å². The number of rotatable bonds is 3. The molecule has 2 bridgehead atoms. The normalized spacial score (nSPS) is 20.8. The topological polar surface area (TPSA) is 76.6 Å². The highest BCUT2D eigenvalue weighted by Gasteiger charge is 2.43. The molecule has 1 aromatic heterocycles. The monoisotopic (exact) mass is 340 g/mol. The maximum atomic E-state index is 12.9. The second-order valence-corrected chi connectivity index (χ2v) is 6.28. The highest BCUT2D eigenvalue weighted by Crippen LogP contribution is 2.43. The molecular weight excluding hydrogens is 320 g/mol. The standard InChI is InChI=1S/C18H20N4O3/c1-24-12-4-5-14(17(8-12)25-2)21-18(23)22-11-3-6-16(22)13-9-19-10-20-15(13)7-11/h4-5,8-11,16H,3,6-7H2,1-2H3,(H,21,23)/t11-,16+/m0/s1. The number of hydrogen-bond donors (Lipinski definition) is 1. The third kappa shape index (κ3) is 2.65. The number of anilines is 1. The third-order valence-electron chi connectivity index (χ3n) is 5.00. The molecule has 2 aliphatic heterocycles. The Bertz CT molecular complexity index is 811. The molecule has 130 valence electrons. The molecule has 2 atom stereocenters. The number of ether oxygens (including phenoxy) is 2. The van der Waals surface area contributed by atoms with Crippen LogP contribution in [-0.2, 0) is 6.42 Å². The molecule has 3 heterocycles. The Morgan fingerprint density at radius 1 is 1.28 bits per heavy atom. The molecule has 25 heavy (non-hydrogen) atoms. The molecule has 7 nitrogen and oxygen atoms in total. The second kappa shape index (κ2) is 6.23. The minimum absolute atomic E-state index is 0.0409. The van der Waals surface area contributed by atoms with Gasteiger partial charge in [-0.3, -0.25) is 0 Å². The Hall–Kier alpha value is -2.83. The van der Waals surface area contributed by atoms with Gasteiger partial charge in [0.15, 0.2) is 0 Å². The van der Waals surface area contributed by atoms with Gasteiger partial charge < -0.3 is 19.7 Å². The zero-order chi connectivity index (χ0) is 17.4. The van der Waals surface area contributed by atoms with Crippen molar-refractivity contribution < 1.29 is 14.3 Å². The number of urea groups is 1. The summed E-state index contributed by atoms with van der Waals surface area (Å²) in [6.07, 6.45) is 6.12. The van der Waals surface area contributed by atoms with Gasteiger partial charge in [-0.1, -0.05) is 0 Å². The van der Waals surface area contributed by atoms with Gasteiger partial charge in [0, 0.05) is 30.3 Å². The summed E-state index contributed by atoms with van der Waals surface area (Å²) in [5.74, 6) is 1.25. The van der Waals surface area contributed by atoms with Gasteiger partial charge in [-0.05, 0) is 25.0 Å². The van der Waals surface area contributed by atoms with Gasteiger partial charge in [-0.15, -0.1) is 0 Å². The van der Waals surface area contributed by atoms with Crippen LogP contribution in [0.5, 0.6) is 11.5 Å². The van der Waals surface area contributed by atoms with Gasteiger partial charge in [0.05, 0.1) is 31.6 Å². The Morgan fingerprint density at radius 2 is 2.16 bits per heavy atom. The number of nitrogens with one attached hydrogen (secondary N) is 1. The maximum absolute atomic E-state index is 12.9. The van der Waals surface area contributed by atoms with Crippen molar-refractivity contribution in [2.45, 2.75) is 31.3 Å². The lowest BCUT2D eigenvalue weighted by Crippen LogP contribution is -2.44. The van der Waals surface area contributed by atoms with Crippen LogP contribution >= 0.6 is 0 Å². The van der Waals surface area contributed by atoms with Crippen molar-refractivity contribution in [2.24, 2.45) is 0 Å². The molecular formula is C18H20N4O3. The number of benzene rings is 1. The summed E-state index contributed by atoms with van der Waals surface area (Å²) in [5, 5.41) is 2.98. The number of carbonyl (C=O) groups excluding carboxylic acids is 1. The molecule has 2 aromatic rings. The number of nitrogens with zero attached hydrogens (tertiary/aromatic N) is 3. The van der Waals surface area contributed by atoms with Crippen molar-refractivity contribution in [3.8, 4) is 11.5 Å². The van der Waals surface area contributed by atoms with E-state index in [1.165, 1.54) is 0 Å². The lowest BCUT2D eigenvalue weighted by molar-refractivity contribution is 0.178. The quantitative estimate of drug-likeness (QED) is 0.930. The Morgan fingerprint density at radius 3 is 2.96 bits per heavy atom. The lowest BCUT2D eigenvalue weighted by atomic mass is 10.00. The van der Waals surface area contributed by atoms with E-state index < -0.39 is 0 Å². The highest BCUT2D eigenvalue weighted by molar-refractivity contribution is 5.92. The Labute approximate surface area is 146 Å². The summed E-state index contributed by atoms with van der Waals surface area (Å²) in [6, 6.07) is 5.44. The number of carbonyl (C=O) groups is 1. The van der Waals surface area contributed by atoms with Crippen LogP contribution in [0.3, 0.4) is 0 Å². The first kappa shape index (κ1) is 15.7. The molecule has 0 saturated carbocycles. The van der Waals surface area contributed by atoms with Crippen molar-refractivity contribution in [2.75, 3.05) is 19.5 Å². The summed E-state index contributed by atoms with van der Waals surface area (Å²) in [6.45, 7) is 0. The minimum Gasteiger partial charge on any atom is -0.497 e. The average Bonchev–Trinajstić information content (AvgIpc) is 2.97. The van der Waals surface area contributed by atoms with E-state index >= 15 is 0 Å². The molecule has 0 radical (unpaired) electrons. The fraction of sp³-hybridized carbons (Fsp3) is 0.389. The van der Waals surface area contributed by atoms with Crippen molar-refractivity contribution in [3.63, 3.8) is 0 Å². The van der Waals surface area contributed by atoms with Crippen molar-refractivity contribution in [1.82, 2.24) is 14.9 Å². The fourth-order valence-corrected chi connectivity index (χ4v) is 3.82. The SMILES string of the molecule is COc1ccc(NC(=O)N2[C@H]3CC[C@@H]2c2cncnc2C3)c(OC)c1. The Kier molecular flexibility index (Phi) is 3.91. The summed E-state index contributed by atoms with van der Waals surface area (Å²) < 4.78 is 10.6. The van der Waals surface area contributed by atoms with Gasteiger partial charge in [0.1, 0.15) is 17.8 Å². The summed E-state index contributed by atoms with van der Waals surface area (Å²) in [4.78, 5) is 23.4. The van der Waals surface area contributed by atoms with E-state index in [0.29, 0.717) is 17.2 Å². The van der Waals surface area contributed by atoms with E-state index in [-0.39, 0.29) is 18.1 Å². The molecule has 0 spiro atoms. The predicted octanol–water partition coefficient (Wildman–Crippen LogP) is 2.79. The van der Waals surface area contributed by atoms with E-state index in [0.717, 1.165) is 30.5 Å². The smallest absolute Gasteiger partial charge is 0.322 e. The summed E-state index contributed by atoms with van der Waals surface area (Å²) in [7, 11) is 3.17. The van der Waals surface area contributed by atoms with Crippen LogP contribution in [0, 0.1) is 0 Å². The first-order valence-electron chi connectivity index (χ1n) is 8.31. The van der Waals surface area contributed by atoms with Gasteiger partial charge in [-0.2, -0.15) is 0 Å². The summed E-state index contributed by atoms with van der Waals surface area (Å²) in [5.41, 5.74) is 2.75. The fourth-order valence-electron chi connectivity index (χ4n) is 3.82. The molecule has 4 rings (SSSR count). The molecule has 0 unspecified atom stereocenters. The van der Waals surface area contributed by atoms with E-state index in [2.05, 4.69) is 15.3 Å². The zero-order valence-corrected chi connectivity index (χ0v) is 14.2. The lowest BCUT2D eigenvalue weighted by Gasteiger charge is -2.35. The van der Waals surface area contributed by atoms with E-state index in [4.69, 9.17) is 9.47 Å². The first-order valence-corrected chi connectivity index (χ1v) is 8.31. The number of hydrogen-bond acceptors (Lipinski definition) is 5. The van der Waals surface area contributed by atoms with E-state index in [1.807, 2.05) is 11.1 Å². The maximum Gasteiger partial charge on any atom is 0.322 e. The highest BCUT2D eigenvalue weighted by atomic mass is 16.5. The molecule has 1 saturated heterocycles. The molecule has 7 heteroatoms. The van der Waals surface area contributed by atoms with Crippen molar-refractivity contribution in [3.05, 3.63) is 42.0 Å². The van der Waals surface area contributed by atoms with Gasteiger partial charge in [0.25, 0.3) is 0 Å². The molecule has 0 aliphatic carbocycles. The van der Waals surface area contributed by atoms with E-state index in [1.54, 1.807) is 38.7 Å². The first-order chi connectivity index (χ1) is 12.2. The molecule has 2 aliphatic rings. The number of aromatic nitrogens is 2. The van der Waals surface area contributed by atoms with Crippen LogP contribution < -0.4 is 14.8 Å². The van der Waals surface area contributed by atoms with E-state index in [9.17, 15) is 4.79 Å². The van der Waals surface area contributed by atoms with Gasteiger partial charge in [0.2, 0.25) is 0 Å². The number of methoxy groups -OCH3 is 2. The van der Waals surface area contributed by atoms with Gasteiger partial charge >= 0.3 is 6.03 Å². The third-order valence-corrected chi connectivity index (χ3v) is 5.00. The van der Waals surface area contributed by atoms with Crippen LogP contribution in [-0.4, -0.2) is 41.2 Å². The molecule has 2 amide bonds. The molecule has 1 N–H and O–H groups in total. The molecule has 1 aromatic carbocycles. The average molecular weight is 340 g/mol. The summed E-state index contributed by atoms with van der Waals surface area (Å²) >= 11 is 0. The van der Waals surface area contributed by atoms with Crippen LogP contribution in [0.4, 0.5) is 10.5 Å². The van der Waals surface area contributed by atoms with Crippen LogP contribution in [0.1, 0.15) is 30.1 Å².